The third-order valence-corrected chi connectivity index (χ3v) is 5.28. The number of hydrogen-bond acceptors (Lipinski definition) is 4. The second-order valence-corrected chi connectivity index (χ2v) is 7.22. The highest BCUT2D eigenvalue weighted by Crippen LogP contribution is 2.31. The number of carbonyl (C=O) groups excluding carboxylic acids is 1. The molecule has 5 heteroatoms. The van der Waals surface area contributed by atoms with Crippen molar-refractivity contribution in [1.29, 1.82) is 0 Å². The number of ether oxygens (including phenoxy) is 1. The molecule has 0 bridgehead atoms. The van der Waals surface area contributed by atoms with Gasteiger partial charge >= 0.3 is 0 Å². The maximum Gasteiger partial charge on any atom is 0.252 e. The average molecular weight is 318 g/mol. The highest BCUT2D eigenvalue weighted by Gasteiger charge is 2.28. The summed E-state index contributed by atoms with van der Waals surface area (Å²) in [6.45, 7) is 5.23. The molecule has 1 unspecified atom stereocenters. The number of amides is 1. The Hall–Kier alpha value is -1.43. The molecule has 0 aliphatic carbocycles. The molecule has 1 saturated heterocycles. The first-order valence-electron chi connectivity index (χ1n) is 7.58. The van der Waals surface area contributed by atoms with E-state index < -0.39 is 0 Å². The SMILES string of the molecule is Cc1sc2ccccc2c1CN1CCOC(C(=O)N(C)C)C1. The lowest BCUT2D eigenvalue weighted by Crippen LogP contribution is -2.49. The minimum absolute atomic E-state index is 0.0524. The molecule has 1 aliphatic rings. The van der Waals surface area contributed by atoms with Gasteiger partial charge in [-0.25, -0.2) is 0 Å². The highest BCUT2D eigenvalue weighted by molar-refractivity contribution is 7.19. The second kappa shape index (κ2) is 6.36. The van der Waals surface area contributed by atoms with Crippen LogP contribution in [0.4, 0.5) is 0 Å². The average Bonchev–Trinajstić information content (AvgIpc) is 2.83. The molecular weight excluding hydrogens is 296 g/mol. The largest absolute Gasteiger partial charge is 0.366 e. The molecular formula is C17H22N2O2S. The van der Waals surface area contributed by atoms with E-state index in [1.807, 2.05) is 11.3 Å². The van der Waals surface area contributed by atoms with E-state index in [9.17, 15) is 4.79 Å². The summed E-state index contributed by atoms with van der Waals surface area (Å²) in [5.74, 6) is 0.0524. The van der Waals surface area contributed by atoms with Crippen LogP contribution in [0.3, 0.4) is 0 Å². The standard InChI is InChI=1S/C17H22N2O2S/c1-12-14(13-6-4-5-7-16(13)22-12)10-19-8-9-21-15(11-19)17(20)18(2)3/h4-7,15H,8-11H2,1-3H3. The van der Waals surface area contributed by atoms with Gasteiger partial charge in [0.1, 0.15) is 6.10 Å². The van der Waals surface area contributed by atoms with E-state index in [-0.39, 0.29) is 12.0 Å². The molecule has 0 saturated carbocycles. The molecule has 0 N–H and O–H groups in total. The Morgan fingerprint density at radius 3 is 2.95 bits per heavy atom. The first-order chi connectivity index (χ1) is 10.6. The van der Waals surface area contributed by atoms with Crippen LogP contribution in [0.1, 0.15) is 10.4 Å². The van der Waals surface area contributed by atoms with Crippen molar-refractivity contribution in [2.24, 2.45) is 0 Å². The van der Waals surface area contributed by atoms with Crippen molar-refractivity contribution in [3.05, 3.63) is 34.7 Å². The molecule has 2 aromatic rings. The van der Waals surface area contributed by atoms with Crippen LogP contribution in [0.5, 0.6) is 0 Å². The van der Waals surface area contributed by atoms with Crippen molar-refractivity contribution in [1.82, 2.24) is 9.80 Å². The van der Waals surface area contributed by atoms with Gasteiger partial charge in [0.2, 0.25) is 0 Å². The molecule has 1 aliphatic heterocycles. The first kappa shape index (κ1) is 15.5. The fraction of sp³-hybridized carbons (Fsp3) is 0.471. The summed E-state index contributed by atoms with van der Waals surface area (Å²) in [6.07, 6.45) is -0.339. The van der Waals surface area contributed by atoms with Gasteiger partial charge in [-0.1, -0.05) is 18.2 Å². The van der Waals surface area contributed by atoms with Gasteiger partial charge in [0.25, 0.3) is 5.91 Å². The summed E-state index contributed by atoms with van der Waals surface area (Å²) >= 11 is 1.85. The predicted molar refractivity (Wildman–Crippen MR) is 90.3 cm³/mol. The second-order valence-electron chi connectivity index (χ2n) is 5.96. The van der Waals surface area contributed by atoms with Crippen molar-refractivity contribution in [3.63, 3.8) is 0 Å². The summed E-state index contributed by atoms with van der Waals surface area (Å²) in [5.41, 5.74) is 1.39. The van der Waals surface area contributed by atoms with Crippen LogP contribution in [0.15, 0.2) is 24.3 Å². The Bertz CT molecular complexity index is 680. The van der Waals surface area contributed by atoms with Gasteiger partial charge in [0.05, 0.1) is 6.61 Å². The van der Waals surface area contributed by atoms with Gasteiger partial charge in [0.15, 0.2) is 0 Å². The molecule has 118 valence electrons. The lowest BCUT2D eigenvalue weighted by molar-refractivity contribution is -0.147. The number of aryl methyl sites for hydroxylation is 1. The number of hydrogen-bond donors (Lipinski definition) is 0. The smallest absolute Gasteiger partial charge is 0.252 e. The van der Waals surface area contributed by atoms with Gasteiger partial charge in [-0.15, -0.1) is 11.3 Å². The van der Waals surface area contributed by atoms with E-state index in [2.05, 4.69) is 36.1 Å². The minimum Gasteiger partial charge on any atom is -0.366 e. The van der Waals surface area contributed by atoms with Crippen LogP contribution in [-0.4, -0.2) is 55.6 Å². The van der Waals surface area contributed by atoms with Crippen LogP contribution in [0, 0.1) is 6.92 Å². The Labute approximate surface area is 135 Å². The van der Waals surface area contributed by atoms with Crippen LogP contribution in [0.2, 0.25) is 0 Å². The van der Waals surface area contributed by atoms with Crippen molar-refractivity contribution < 1.29 is 9.53 Å². The molecule has 1 aromatic carbocycles. The van der Waals surface area contributed by atoms with Gasteiger partial charge in [-0.2, -0.15) is 0 Å². The van der Waals surface area contributed by atoms with Gasteiger partial charge < -0.3 is 9.64 Å². The maximum absolute atomic E-state index is 12.1. The fourth-order valence-electron chi connectivity index (χ4n) is 2.92. The molecule has 1 aromatic heterocycles. The predicted octanol–water partition coefficient (Wildman–Crippen LogP) is 2.50. The van der Waals surface area contributed by atoms with E-state index in [0.29, 0.717) is 13.2 Å². The summed E-state index contributed by atoms with van der Waals surface area (Å²) in [7, 11) is 3.56. The van der Waals surface area contributed by atoms with E-state index in [4.69, 9.17) is 4.74 Å². The van der Waals surface area contributed by atoms with Gasteiger partial charge in [0, 0.05) is 43.3 Å². The van der Waals surface area contributed by atoms with Crippen LogP contribution >= 0.6 is 11.3 Å². The number of benzene rings is 1. The van der Waals surface area contributed by atoms with E-state index >= 15 is 0 Å². The van der Waals surface area contributed by atoms with Gasteiger partial charge in [-0.3, -0.25) is 9.69 Å². The molecule has 0 radical (unpaired) electrons. The number of carbonyl (C=O) groups is 1. The molecule has 2 heterocycles. The molecule has 4 nitrogen and oxygen atoms in total. The zero-order valence-electron chi connectivity index (χ0n) is 13.3. The first-order valence-corrected chi connectivity index (χ1v) is 8.40. The number of thiophene rings is 1. The Kier molecular flexibility index (Phi) is 4.47. The molecule has 1 fully saturated rings. The Morgan fingerprint density at radius 1 is 1.41 bits per heavy atom. The molecule has 0 spiro atoms. The van der Waals surface area contributed by atoms with Crippen molar-refractivity contribution in [2.45, 2.75) is 19.6 Å². The summed E-state index contributed by atoms with van der Waals surface area (Å²) in [6, 6.07) is 8.55. The highest BCUT2D eigenvalue weighted by atomic mass is 32.1. The van der Waals surface area contributed by atoms with E-state index in [1.165, 1.54) is 20.5 Å². The van der Waals surface area contributed by atoms with Crippen LogP contribution < -0.4 is 0 Å². The monoisotopic (exact) mass is 318 g/mol. The number of morpholine rings is 1. The fourth-order valence-corrected chi connectivity index (χ4v) is 4.00. The Balaban J connectivity index is 1.77. The maximum atomic E-state index is 12.1. The van der Waals surface area contributed by atoms with E-state index in [1.54, 1.807) is 19.0 Å². The number of likely N-dealkylation sites (N-methyl/N-ethyl adjacent to an activating group) is 1. The zero-order chi connectivity index (χ0) is 15.7. The summed E-state index contributed by atoms with van der Waals surface area (Å²) < 4.78 is 6.98. The summed E-state index contributed by atoms with van der Waals surface area (Å²) in [4.78, 5) is 17.4. The zero-order valence-corrected chi connectivity index (χ0v) is 14.2. The van der Waals surface area contributed by atoms with Crippen LogP contribution in [-0.2, 0) is 16.1 Å². The molecule has 1 amide bonds. The number of nitrogens with zero attached hydrogens (tertiary/aromatic N) is 2. The van der Waals surface area contributed by atoms with Crippen molar-refractivity contribution >= 4 is 27.3 Å². The Morgan fingerprint density at radius 2 is 2.18 bits per heavy atom. The van der Waals surface area contributed by atoms with Gasteiger partial charge in [-0.05, 0) is 23.9 Å². The quantitative estimate of drug-likeness (QED) is 0.872. The van der Waals surface area contributed by atoms with Crippen molar-refractivity contribution in [3.8, 4) is 0 Å². The number of rotatable bonds is 3. The third-order valence-electron chi connectivity index (χ3n) is 4.15. The minimum atomic E-state index is -0.339. The lowest BCUT2D eigenvalue weighted by Gasteiger charge is -2.33. The normalized spacial score (nSPS) is 19.5. The van der Waals surface area contributed by atoms with E-state index in [0.717, 1.165) is 13.1 Å². The molecule has 1 atom stereocenters. The topological polar surface area (TPSA) is 32.8 Å². The number of fused-ring (bicyclic) bond motifs is 1. The molecule has 3 rings (SSSR count). The third kappa shape index (κ3) is 3.02. The van der Waals surface area contributed by atoms with Crippen molar-refractivity contribution in [2.75, 3.05) is 33.8 Å². The van der Waals surface area contributed by atoms with Crippen LogP contribution in [0.25, 0.3) is 10.1 Å². The summed E-state index contributed by atoms with van der Waals surface area (Å²) in [5, 5.41) is 1.34. The molecule has 22 heavy (non-hydrogen) atoms. The lowest BCUT2D eigenvalue weighted by atomic mass is 10.1.